The minimum absolute atomic E-state index is 0.171. The summed E-state index contributed by atoms with van der Waals surface area (Å²) in [7, 11) is 0. The molecule has 0 saturated carbocycles. The van der Waals surface area contributed by atoms with Crippen molar-refractivity contribution in [3.8, 4) is 0 Å². The quantitative estimate of drug-likeness (QED) is 0.775. The predicted molar refractivity (Wildman–Crippen MR) is 69.4 cm³/mol. The molecule has 1 rings (SSSR count). The molecule has 0 aliphatic carbocycles. The van der Waals surface area contributed by atoms with Crippen molar-refractivity contribution in [2.45, 2.75) is 46.1 Å². The summed E-state index contributed by atoms with van der Waals surface area (Å²) in [5.74, 6) is 0.963. The van der Waals surface area contributed by atoms with Crippen LogP contribution in [0.3, 0.4) is 0 Å². The van der Waals surface area contributed by atoms with Gasteiger partial charge >= 0.3 is 0 Å². The normalized spacial score (nSPS) is 16.8. The van der Waals surface area contributed by atoms with Crippen LogP contribution in [0.1, 0.15) is 39.2 Å². The maximum Gasteiger partial charge on any atom is 0.0571 e. The van der Waals surface area contributed by atoms with Crippen molar-refractivity contribution < 1.29 is 5.11 Å². The molecular formula is C15H24O. The highest BCUT2D eigenvalue weighted by molar-refractivity contribution is 5.15. The molecule has 1 nitrogen and oxygen atoms in total. The van der Waals surface area contributed by atoms with E-state index in [1.807, 2.05) is 6.07 Å². The number of benzene rings is 1. The van der Waals surface area contributed by atoms with Crippen LogP contribution in [-0.4, -0.2) is 11.2 Å². The molecule has 1 N–H and O–H groups in total. The first-order chi connectivity index (χ1) is 7.63. The lowest BCUT2D eigenvalue weighted by molar-refractivity contribution is 0.0913. The summed E-state index contributed by atoms with van der Waals surface area (Å²) in [5, 5.41) is 10.1. The minimum Gasteiger partial charge on any atom is -0.393 e. The molecule has 1 aromatic carbocycles. The van der Waals surface area contributed by atoms with Crippen molar-refractivity contribution in [1.29, 1.82) is 0 Å². The second kappa shape index (κ2) is 6.70. The molecular weight excluding hydrogens is 196 g/mol. The summed E-state index contributed by atoms with van der Waals surface area (Å²) < 4.78 is 0. The molecule has 0 aromatic heterocycles. The number of hydrogen-bond acceptors (Lipinski definition) is 1. The third-order valence-corrected chi connectivity index (χ3v) is 3.40. The van der Waals surface area contributed by atoms with Crippen LogP contribution in [-0.2, 0) is 6.42 Å². The summed E-state index contributed by atoms with van der Waals surface area (Å²) in [6.07, 6.45) is 2.87. The Morgan fingerprint density at radius 3 is 2.31 bits per heavy atom. The SMILES string of the molecule is CC[C@@H](C)C[C@H](O)[C@@H](C)Cc1ccccc1. The Balaban J connectivity index is 2.43. The zero-order chi connectivity index (χ0) is 12.0. The van der Waals surface area contributed by atoms with Crippen LogP contribution < -0.4 is 0 Å². The summed E-state index contributed by atoms with van der Waals surface area (Å²) >= 11 is 0. The Morgan fingerprint density at radius 2 is 1.75 bits per heavy atom. The van der Waals surface area contributed by atoms with Gasteiger partial charge in [0.05, 0.1) is 6.10 Å². The zero-order valence-electron chi connectivity index (χ0n) is 10.7. The average Bonchev–Trinajstić information content (AvgIpc) is 2.30. The minimum atomic E-state index is -0.171. The van der Waals surface area contributed by atoms with E-state index < -0.39 is 0 Å². The first kappa shape index (κ1) is 13.2. The van der Waals surface area contributed by atoms with Gasteiger partial charge in [-0.2, -0.15) is 0 Å². The fourth-order valence-electron chi connectivity index (χ4n) is 1.93. The molecule has 90 valence electrons. The summed E-state index contributed by atoms with van der Waals surface area (Å²) in [5.41, 5.74) is 1.32. The van der Waals surface area contributed by atoms with E-state index >= 15 is 0 Å². The van der Waals surface area contributed by atoms with Crippen molar-refractivity contribution in [2.75, 3.05) is 0 Å². The Hall–Kier alpha value is -0.820. The van der Waals surface area contributed by atoms with Crippen molar-refractivity contribution in [1.82, 2.24) is 0 Å². The molecule has 0 aliphatic heterocycles. The van der Waals surface area contributed by atoms with Crippen LogP contribution in [0, 0.1) is 11.8 Å². The second-order valence-electron chi connectivity index (χ2n) is 4.98. The van der Waals surface area contributed by atoms with E-state index in [0.29, 0.717) is 11.8 Å². The third kappa shape index (κ3) is 4.36. The molecule has 0 fully saturated rings. The summed E-state index contributed by atoms with van der Waals surface area (Å²) in [6, 6.07) is 10.4. The van der Waals surface area contributed by atoms with Crippen molar-refractivity contribution in [3.05, 3.63) is 35.9 Å². The zero-order valence-corrected chi connectivity index (χ0v) is 10.7. The van der Waals surface area contributed by atoms with E-state index in [2.05, 4.69) is 45.0 Å². The topological polar surface area (TPSA) is 20.2 Å². The number of hydrogen-bond donors (Lipinski definition) is 1. The van der Waals surface area contributed by atoms with Gasteiger partial charge in [-0.1, -0.05) is 57.5 Å². The predicted octanol–water partition coefficient (Wildman–Crippen LogP) is 3.66. The van der Waals surface area contributed by atoms with Crippen LogP contribution in [0.5, 0.6) is 0 Å². The summed E-state index contributed by atoms with van der Waals surface area (Å²) in [4.78, 5) is 0. The molecule has 0 spiro atoms. The fraction of sp³-hybridized carbons (Fsp3) is 0.600. The lowest BCUT2D eigenvalue weighted by Crippen LogP contribution is -2.22. The second-order valence-corrected chi connectivity index (χ2v) is 4.98. The van der Waals surface area contributed by atoms with Crippen LogP contribution in [0.4, 0.5) is 0 Å². The van der Waals surface area contributed by atoms with Crippen molar-refractivity contribution in [2.24, 2.45) is 11.8 Å². The van der Waals surface area contributed by atoms with Gasteiger partial charge in [0.15, 0.2) is 0 Å². The largest absolute Gasteiger partial charge is 0.393 e. The van der Waals surface area contributed by atoms with E-state index in [4.69, 9.17) is 0 Å². The van der Waals surface area contributed by atoms with Crippen LogP contribution in [0.2, 0.25) is 0 Å². The van der Waals surface area contributed by atoms with Crippen molar-refractivity contribution >= 4 is 0 Å². The standard InChI is InChI=1S/C15H24O/c1-4-12(2)10-15(16)13(3)11-14-8-6-5-7-9-14/h5-9,12-13,15-16H,4,10-11H2,1-3H3/t12-,13+,15+/m1/s1. The molecule has 0 amide bonds. The fourth-order valence-corrected chi connectivity index (χ4v) is 1.93. The van der Waals surface area contributed by atoms with Crippen LogP contribution in [0.15, 0.2) is 30.3 Å². The van der Waals surface area contributed by atoms with E-state index in [9.17, 15) is 5.11 Å². The highest BCUT2D eigenvalue weighted by Crippen LogP contribution is 2.19. The van der Waals surface area contributed by atoms with Gasteiger partial charge in [-0.25, -0.2) is 0 Å². The maximum absolute atomic E-state index is 10.1. The molecule has 3 atom stereocenters. The third-order valence-electron chi connectivity index (χ3n) is 3.40. The molecule has 0 bridgehead atoms. The van der Waals surface area contributed by atoms with Crippen molar-refractivity contribution in [3.63, 3.8) is 0 Å². The van der Waals surface area contributed by atoms with E-state index in [1.165, 1.54) is 5.56 Å². The van der Waals surface area contributed by atoms with Gasteiger partial charge in [0, 0.05) is 0 Å². The molecule has 0 heterocycles. The number of aliphatic hydroxyl groups excluding tert-OH is 1. The van der Waals surface area contributed by atoms with Crippen LogP contribution in [0.25, 0.3) is 0 Å². The van der Waals surface area contributed by atoms with Gasteiger partial charge in [-0.3, -0.25) is 0 Å². The Morgan fingerprint density at radius 1 is 1.12 bits per heavy atom. The lowest BCUT2D eigenvalue weighted by Gasteiger charge is -2.21. The smallest absolute Gasteiger partial charge is 0.0571 e. The highest BCUT2D eigenvalue weighted by atomic mass is 16.3. The Kier molecular flexibility index (Phi) is 5.54. The monoisotopic (exact) mass is 220 g/mol. The maximum atomic E-state index is 10.1. The first-order valence-corrected chi connectivity index (χ1v) is 6.35. The Labute approximate surface area is 99.5 Å². The molecule has 16 heavy (non-hydrogen) atoms. The number of rotatable bonds is 6. The number of aliphatic hydroxyl groups is 1. The molecule has 1 heteroatoms. The van der Waals surface area contributed by atoms with Gasteiger partial charge in [0.25, 0.3) is 0 Å². The molecule has 0 saturated heterocycles. The average molecular weight is 220 g/mol. The summed E-state index contributed by atoms with van der Waals surface area (Å²) in [6.45, 7) is 6.53. The molecule has 0 aliphatic rings. The molecule has 0 unspecified atom stereocenters. The highest BCUT2D eigenvalue weighted by Gasteiger charge is 2.16. The van der Waals surface area contributed by atoms with Crippen LogP contribution >= 0.6 is 0 Å². The van der Waals surface area contributed by atoms with E-state index in [-0.39, 0.29) is 6.10 Å². The molecule has 1 aromatic rings. The van der Waals surface area contributed by atoms with Gasteiger partial charge in [-0.15, -0.1) is 0 Å². The van der Waals surface area contributed by atoms with E-state index in [0.717, 1.165) is 19.3 Å². The van der Waals surface area contributed by atoms with Gasteiger partial charge < -0.3 is 5.11 Å². The van der Waals surface area contributed by atoms with Gasteiger partial charge in [-0.05, 0) is 30.2 Å². The Bertz CT molecular complexity index is 281. The van der Waals surface area contributed by atoms with Gasteiger partial charge in [0.1, 0.15) is 0 Å². The van der Waals surface area contributed by atoms with Gasteiger partial charge in [0.2, 0.25) is 0 Å². The van der Waals surface area contributed by atoms with E-state index in [1.54, 1.807) is 0 Å². The lowest BCUT2D eigenvalue weighted by atomic mass is 9.89. The molecule has 0 radical (unpaired) electrons. The first-order valence-electron chi connectivity index (χ1n) is 6.35.